The van der Waals surface area contributed by atoms with Crippen LogP contribution in [0, 0.1) is 75.9 Å². The molecule has 0 amide bonds. The van der Waals surface area contributed by atoms with E-state index in [1.54, 1.807) is 25.7 Å². The first-order chi connectivity index (χ1) is 10.1. The van der Waals surface area contributed by atoms with E-state index in [2.05, 4.69) is 12.8 Å². The van der Waals surface area contributed by atoms with Gasteiger partial charge >= 0.3 is 0 Å². The Hall–Kier alpha value is -0.440. The summed E-state index contributed by atoms with van der Waals surface area (Å²) in [4.78, 5) is 0. The van der Waals surface area contributed by atoms with E-state index in [-0.39, 0.29) is 0 Å². The van der Waals surface area contributed by atoms with Crippen LogP contribution in [0.1, 0.15) is 51.9 Å². The van der Waals surface area contributed by atoms with Crippen LogP contribution in [0.15, 0.2) is 0 Å². The minimum Gasteiger partial charge on any atom is -0.120 e. The Bertz CT molecular complexity index is 588. The average molecular weight is 278 g/mol. The monoisotopic (exact) mass is 278 g/mol. The second-order valence-electron chi connectivity index (χ2n) is 10.8. The van der Waals surface area contributed by atoms with Crippen molar-refractivity contribution in [1.29, 1.82) is 0 Å². The Morgan fingerprint density at radius 3 is 2.19 bits per heavy atom. The van der Waals surface area contributed by atoms with Gasteiger partial charge in [0, 0.05) is 5.41 Å². The Kier molecular flexibility index (Phi) is 1.46. The van der Waals surface area contributed by atoms with Crippen molar-refractivity contribution in [2.45, 2.75) is 51.9 Å². The molecule has 21 heavy (non-hydrogen) atoms. The molecule has 0 heteroatoms. The normalized spacial score (nSPS) is 77.0. The highest BCUT2D eigenvalue weighted by Gasteiger charge is 2.82. The highest BCUT2D eigenvalue weighted by atomic mass is 14.9. The summed E-state index contributed by atoms with van der Waals surface area (Å²) < 4.78 is 0. The summed E-state index contributed by atoms with van der Waals surface area (Å²) in [5.74, 6) is 12.0. The Balaban J connectivity index is 1.55. The largest absolute Gasteiger partial charge is 0.120 e. The van der Waals surface area contributed by atoms with Crippen molar-refractivity contribution >= 4 is 0 Å². The van der Waals surface area contributed by atoms with Gasteiger partial charge in [0.15, 0.2) is 0 Å². The third-order valence-corrected chi connectivity index (χ3v) is 10.7. The van der Waals surface area contributed by atoms with E-state index in [1.807, 2.05) is 0 Å². The van der Waals surface area contributed by atoms with Gasteiger partial charge in [-0.15, -0.1) is 6.42 Å². The van der Waals surface area contributed by atoms with E-state index in [0.29, 0.717) is 5.41 Å². The van der Waals surface area contributed by atoms with Crippen LogP contribution >= 0.6 is 0 Å². The second-order valence-corrected chi connectivity index (χ2v) is 10.8. The molecule has 0 heterocycles. The minimum atomic E-state index is 0.345. The van der Waals surface area contributed by atoms with Gasteiger partial charge in [-0.25, -0.2) is 0 Å². The smallest absolute Gasteiger partial charge is 0.0323 e. The SMILES string of the molecule is C#CC12CC3C4CC5(C)C6CC7CC5C(C4C1)C(C7)(C2)C36. The van der Waals surface area contributed by atoms with Gasteiger partial charge in [0.2, 0.25) is 0 Å². The van der Waals surface area contributed by atoms with Crippen molar-refractivity contribution in [2.24, 2.45) is 63.6 Å². The zero-order chi connectivity index (χ0) is 13.8. The van der Waals surface area contributed by atoms with E-state index < -0.39 is 0 Å². The zero-order valence-corrected chi connectivity index (χ0v) is 13.1. The predicted molar refractivity (Wildman–Crippen MR) is 82.0 cm³/mol. The predicted octanol–water partition coefficient (Wildman–Crippen LogP) is 4.35. The highest BCUT2D eigenvalue weighted by Crippen LogP contribution is 2.88. The minimum absolute atomic E-state index is 0.345. The molecule has 6 unspecified atom stereocenters. The lowest BCUT2D eigenvalue weighted by Gasteiger charge is -2.86. The van der Waals surface area contributed by atoms with Gasteiger partial charge in [-0.05, 0) is 103 Å². The summed E-state index contributed by atoms with van der Waals surface area (Å²) in [5, 5.41) is 0. The van der Waals surface area contributed by atoms with Crippen LogP contribution in [-0.2, 0) is 0 Å². The van der Waals surface area contributed by atoms with Crippen LogP contribution in [0.4, 0.5) is 0 Å². The molecule has 0 N–H and O–H groups in total. The fraction of sp³-hybridized carbons (Fsp3) is 0.905. The van der Waals surface area contributed by atoms with Gasteiger partial charge in [0.25, 0.3) is 0 Å². The Labute approximate surface area is 128 Å². The Morgan fingerprint density at radius 1 is 0.905 bits per heavy atom. The molecule has 6 atom stereocenters. The molecule has 0 saturated heterocycles. The van der Waals surface area contributed by atoms with Crippen molar-refractivity contribution in [3.8, 4) is 12.3 Å². The van der Waals surface area contributed by atoms with Crippen LogP contribution in [-0.4, -0.2) is 0 Å². The number of hydrogen-bond acceptors (Lipinski definition) is 0. The molecule has 10 aliphatic rings. The van der Waals surface area contributed by atoms with Crippen molar-refractivity contribution in [3.63, 3.8) is 0 Å². The molecule has 0 aliphatic heterocycles. The summed E-state index contributed by atoms with van der Waals surface area (Å²) in [5.41, 5.74) is 1.84. The van der Waals surface area contributed by atoms with Gasteiger partial charge in [0.1, 0.15) is 0 Å². The van der Waals surface area contributed by atoms with Crippen LogP contribution in [0.2, 0.25) is 0 Å². The quantitative estimate of drug-likeness (QED) is 0.578. The topological polar surface area (TPSA) is 0 Å². The highest BCUT2D eigenvalue weighted by molar-refractivity contribution is 5.33. The molecule has 10 saturated carbocycles. The first-order valence-electron chi connectivity index (χ1n) is 9.58. The summed E-state index contributed by atoms with van der Waals surface area (Å²) in [6, 6.07) is 0. The lowest BCUT2D eigenvalue weighted by molar-refractivity contribution is -0.381. The molecule has 0 aromatic rings. The first-order valence-corrected chi connectivity index (χ1v) is 9.58. The second kappa shape index (κ2) is 2.74. The Morgan fingerprint density at radius 2 is 1.57 bits per heavy atom. The maximum Gasteiger partial charge on any atom is 0.0323 e. The molecule has 10 fully saturated rings. The zero-order valence-electron chi connectivity index (χ0n) is 13.1. The van der Waals surface area contributed by atoms with Crippen molar-refractivity contribution < 1.29 is 0 Å². The lowest BCUT2D eigenvalue weighted by Crippen LogP contribution is -2.80. The number of hydrogen-bond donors (Lipinski definition) is 0. The van der Waals surface area contributed by atoms with Crippen molar-refractivity contribution in [1.82, 2.24) is 0 Å². The van der Waals surface area contributed by atoms with Crippen LogP contribution in [0.25, 0.3) is 0 Å². The van der Waals surface area contributed by atoms with E-state index in [9.17, 15) is 0 Å². The van der Waals surface area contributed by atoms with Gasteiger partial charge < -0.3 is 0 Å². The summed E-state index contributed by atoms with van der Waals surface area (Å²) in [7, 11) is 0. The summed E-state index contributed by atoms with van der Waals surface area (Å²) in [6.07, 6.45) is 16.8. The van der Waals surface area contributed by atoms with Gasteiger partial charge in [-0.2, -0.15) is 0 Å². The van der Waals surface area contributed by atoms with Gasteiger partial charge in [-0.1, -0.05) is 12.8 Å². The van der Waals surface area contributed by atoms with Gasteiger partial charge in [0.05, 0.1) is 0 Å². The van der Waals surface area contributed by atoms with Crippen LogP contribution in [0.5, 0.6) is 0 Å². The standard InChI is InChI=1S/C21H26/c1-3-20-8-13-12-7-19(2)15-4-11-5-16(19)18(14(12)9-20)21(6-11,10-20)17(13)15/h1,11-18H,4-10H2,2H3. The summed E-state index contributed by atoms with van der Waals surface area (Å²) >= 11 is 0. The van der Waals surface area contributed by atoms with Crippen molar-refractivity contribution in [3.05, 3.63) is 0 Å². The number of rotatable bonds is 0. The summed E-state index contributed by atoms with van der Waals surface area (Å²) in [6.45, 7) is 2.73. The molecular formula is C21H26. The van der Waals surface area contributed by atoms with Crippen LogP contribution < -0.4 is 0 Å². The molecule has 0 aromatic carbocycles. The molecule has 11 bridgehead atoms. The van der Waals surface area contributed by atoms with E-state index in [4.69, 9.17) is 6.42 Å². The molecule has 0 aromatic heterocycles. The average Bonchev–Trinajstić information content (AvgIpc) is 2.46. The maximum absolute atomic E-state index is 6.12. The third-order valence-electron chi connectivity index (χ3n) is 10.7. The first kappa shape index (κ1) is 11.2. The molecule has 1 spiro atoms. The van der Waals surface area contributed by atoms with Crippen LogP contribution in [0.3, 0.4) is 0 Å². The molecule has 10 aliphatic carbocycles. The van der Waals surface area contributed by atoms with E-state index in [0.717, 1.165) is 58.2 Å². The molecule has 10 rings (SSSR count). The molecule has 110 valence electrons. The fourth-order valence-electron chi connectivity index (χ4n) is 10.9. The molecule has 0 nitrogen and oxygen atoms in total. The number of terminal acetylenes is 1. The van der Waals surface area contributed by atoms with Gasteiger partial charge in [-0.3, -0.25) is 0 Å². The van der Waals surface area contributed by atoms with E-state index >= 15 is 0 Å². The molecule has 0 radical (unpaired) electrons. The maximum atomic E-state index is 6.12. The third kappa shape index (κ3) is 0.844. The van der Waals surface area contributed by atoms with E-state index in [1.165, 1.54) is 19.3 Å². The lowest BCUT2D eigenvalue weighted by atomic mass is 9.18. The fourth-order valence-corrected chi connectivity index (χ4v) is 10.9. The molecular weight excluding hydrogens is 252 g/mol. The van der Waals surface area contributed by atoms with Crippen molar-refractivity contribution in [2.75, 3.05) is 0 Å².